The lowest BCUT2D eigenvalue weighted by molar-refractivity contribution is 0.748. The molecule has 2 aromatic rings. The molecule has 0 amide bonds. The van der Waals surface area contributed by atoms with Crippen LogP contribution in [0.4, 0.5) is 0 Å². The second kappa shape index (κ2) is 5.12. The molecule has 0 fully saturated rings. The summed E-state index contributed by atoms with van der Waals surface area (Å²) in [4.78, 5) is 11.2. The first-order valence-electron chi connectivity index (χ1n) is 5.55. The van der Waals surface area contributed by atoms with E-state index in [2.05, 4.69) is 37.7 Å². The molecule has 17 heavy (non-hydrogen) atoms. The summed E-state index contributed by atoms with van der Waals surface area (Å²) in [5, 5.41) is 2.39. The van der Waals surface area contributed by atoms with Gasteiger partial charge in [0.25, 0.3) is 0 Å². The van der Waals surface area contributed by atoms with Gasteiger partial charge in [-0.05, 0) is 25.3 Å². The second-order valence-corrected chi connectivity index (χ2v) is 7.01. The van der Waals surface area contributed by atoms with Crippen LogP contribution in [0.1, 0.15) is 24.3 Å². The molecule has 0 atom stereocenters. The third-order valence-corrected chi connectivity index (χ3v) is 5.16. The largest absolute Gasteiger partial charge is 0.211 e. The molecular weight excluding hydrogens is 272 g/mol. The Labute approximate surface area is 115 Å². The molecule has 2 aromatic heterocycles. The lowest BCUT2D eigenvalue weighted by Gasteiger charge is -2.04. The van der Waals surface area contributed by atoms with Gasteiger partial charge in [0.05, 0.1) is 5.39 Å². The maximum atomic E-state index is 6.24. The fourth-order valence-electron chi connectivity index (χ4n) is 1.49. The van der Waals surface area contributed by atoms with E-state index in [-0.39, 0.29) is 0 Å². The van der Waals surface area contributed by atoms with Crippen LogP contribution in [0.25, 0.3) is 10.2 Å². The van der Waals surface area contributed by atoms with Crippen LogP contribution >= 0.6 is 34.7 Å². The second-order valence-electron chi connectivity index (χ2n) is 4.47. The van der Waals surface area contributed by atoms with Gasteiger partial charge in [0, 0.05) is 10.6 Å². The average molecular weight is 287 g/mol. The van der Waals surface area contributed by atoms with Gasteiger partial charge in [0.15, 0.2) is 5.16 Å². The number of aryl methyl sites for hydroxylation is 2. The van der Waals surface area contributed by atoms with E-state index in [4.69, 9.17) is 11.6 Å². The van der Waals surface area contributed by atoms with Crippen molar-refractivity contribution in [3.63, 3.8) is 0 Å². The fraction of sp³-hybridized carbons (Fsp3) is 0.500. The van der Waals surface area contributed by atoms with Crippen molar-refractivity contribution >= 4 is 44.9 Å². The standard InChI is InChI=1S/C12H15ClN2S2/c1-6(2)5-16-12-14-10(13)9-7(3)8(4)17-11(9)15-12/h6H,5H2,1-4H3. The molecule has 92 valence electrons. The van der Waals surface area contributed by atoms with Crippen LogP contribution in [0.15, 0.2) is 5.16 Å². The molecular formula is C12H15ClN2S2. The Balaban J connectivity index is 2.42. The number of nitrogens with zero attached hydrogens (tertiary/aromatic N) is 2. The predicted molar refractivity (Wildman–Crippen MR) is 77.5 cm³/mol. The Bertz CT molecular complexity index is 549. The third kappa shape index (κ3) is 2.75. The van der Waals surface area contributed by atoms with E-state index >= 15 is 0 Å². The van der Waals surface area contributed by atoms with Gasteiger partial charge < -0.3 is 0 Å². The zero-order valence-electron chi connectivity index (χ0n) is 10.4. The molecule has 0 aromatic carbocycles. The molecule has 2 heterocycles. The van der Waals surface area contributed by atoms with Gasteiger partial charge in [0.1, 0.15) is 9.98 Å². The van der Waals surface area contributed by atoms with Gasteiger partial charge in [-0.1, -0.05) is 37.2 Å². The highest BCUT2D eigenvalue weighted by atomic mass is 35.5. The summed E-state index contributed by atoms with van der Waals surface area (Å²) >= 11 is 9.60. The first kappa shape index (κ1) is 13.1. The van der Waals surface area contributed by atoms with E-state index in [0.717, 1.165) is 21.1 Å². The maximum Gasteiger partial charge on any atom is 0.190 e. The zero-order chi connectivity index (χ0) is 12.6. The smallest absolute Gasteiger partial charge is 0.190 e. The van der Waals surface area contributed by atoms with Gasteiger partial charge >= 0.3 is 0 Å². The Morgan fingerprint density at radius 2 is 2.00 bits per heavy atom. The fourth-order valence-corrected chi connectivity index (χ4v) is 3.79. The number of rotatable bonds is 3. The Hall–Kier alpha value is -0.320. The maximum absolute atomic E-state index is 6.24. The Kier molecular flexibility index (Phi) is 3.95. The molecule has 0 bridgehead atoms. The van der Waals surface area contributed by atoms with Crippen LogP contribution in [0.5, 0.6) is 0 Å². The molecule has 0 spiro atoms. The van der Waals surface area contributed by atoms with Crippen LogP contribution in [0.3, 0.4) is 0 Å². The van der Waals surface area contributed by atoms with Crippen LogP contribution in [0.2, 0.25) is 5.15 Å². The average Bonchev–Trinajstić information content (AvgIpc) is 2.52. The Morgan fingerprint density at radius 1 is 1.29 bits per heavy atom. The van der Waals surface area contributed by atoms with Crippen molar-refractivity contribution in [2.45, 2.75) is 32.9 Å². The van der Waals surface area contributed by atoms with Crippen molar-refractivity contribution in [2.75, 3.05) is 5.75 Å². The van der Waals surface area contributed by atoms with Crippen molar-refractivity contribution in [1.29, 1.82) is 0 Å². The summed E-state index contributed by atoms with van der Waals surface area (Å²) in [6, 6.07) is 0. The van der Waals surface area contributed by atoms with E-state index in [1.807, 2.05) is 0 Å². The summed E-state index contributed by atoms with van der Waals surface area (Å²) < 4.78 is 0. The molecule has 0 aliphatic heterocycles. The summed E-state index contributed by atoms with van der Waals surface area (Å²) in [6.07, 6.45) is 0. The number of hydrogen-bond donors (Lipinski definition) is 0. The molecule has 0 unspecified atom stereocenters. The third-order valence-electron chi connectivity index (χ3n) is 2.51. The topological polar surface area (TPSA) is 25.8 Å². The number of thiophene rings is 1. The number of halogens is 1. The summed E-state index contributed by atoms with van der Waals surface area (Å²) in [7, 11) is 0. The van der Waals surface area contributed by atoms with E-state index in [1.165, 1.54) is 10.4 Å². The molecule has 2 rings (SSSR count). The van der Waals surface area contributed by atoms with E-state index in [0.29, 0.717) is 11.1 Å². The van der Waals surface area contributed by atoms with E-state index in [9.17, 15) is 0 Å². The highest BCUT2D eigenvalue weighted by Crippen LogP contribution is 2.34. The van der Waals surface area contributed by atoms with Gasteiger partial charge in [-0.25, -0.2) is 9.97 Å². The minimum Gasteiger partial charge on any atom is -0.211 e. The van der Waals surface area contributed by atoms with Crippen molar-refractivity contribution in [2.24, 2.45) is 5.92 Å². The normalized spacial score (nSPS) is 11.6. The van der Waals surface area contributed by atoms with E-state index < -0.39 is 0 Å². The van der Waals surface area contributed by atoms with Crippen LogP contribution in [-0.2, 0) is 0 Å². The minimum absolute atomic E-state index is 0.586. The molecule has 5 heteroatoms. The number of fused-ring (bicyclic) bond motifs is 1. The molecule has 0 radical (unpaired) electrons. The first-order chi connectivity index (χ1) is 7.99. The van der Waals surface area contributed by atoms with Gasteiger partial charge in [-0.2, -0.15) is 0 Å². The lowest BCUT2D eigenvalue weighted by Crippen LogP contribution is -1.94. The lowest BCUT2D eigenvalue weighted by atomic mass is 10.2. The SMILES string of the molecule is Cc1sc2nc(SCC(C)C)nc(Cl)c2c1C. The number of aromatic nitrogens is 2. The van der Waals surface area contributed by atoms with Crippen molar-refractivity contribution in [3.05, 3.63) is 15.6 Å². The van der Waals surface area contributed by atoms with Crippen LogP contribution in [-0.4, -0.2) is 15.7 Å². The highest BCUT2D eigenvalue weighted by Gasteiger charge is 2.13. The van der Waals surface area contributed by atoms with E-state index in [1.54, 1.807) is 23.1 Å². The summed E-state index contributed by atoms with van der Waals surface area (Å²) in [5.74, 6) is 1.65. The molecule has 0 saturated carbocycles. The minimum atomic E-state index is 0.586. The zero-order valence-corrected chi connectivity index (χ0v) is 12.8. The quantitative estimate of drug-likeness (QED) is 0.464. The summed E-state index contributed by atoms with van der Waals surface area (Å²) in [6.45, 7) is 8.54. The first-order valence-corrected chi connectivity index (χ1v) is 7.73. The van der Waals surface area contributed by atoms with Crippen molar-refractivity contribution in [3.8, 4) is 0 Å². The van der Waals surface area contributed by atoms with Crippen LogP contribution < -0.4 is 0 Å². The summed E-state index contributed by atoms with van der Waals surface area (Å²) in [5.41, 5.74) is 1.20. The highest BCUT2D eigenvalue weighted by molar-refractivity contribution is 7.99. The molecule has 0 saturated heterocycles. The molecule has 0 N–H and O–H groups in total. The van der Waals surface area contributed by atoms with Crippen molar-refractivity contribution in [1.82, 2.24) is 9.97 Å². The predicted octanol–water partition coefficient (Wildman–Crippen LogP) is 4.71. The van der Waals surface area contributed by atoms with Crippen LogP contribution in [0, 0.1) is 19.8 Å². The molecule has 0 aliphatic carbocycles. The van der Waals surface area contributed by atoms with Gasteiger partial charge in [-0.3, -0.25) is 0 Å². The monoisotopic (exact) mass is 286 g/mol. The van der Waals surface area contributed by atoms with Crippen molar-refractivity contribution < 1.29 is 0 Å². The number of thioether (sulfide) groups is 1. The molecule has 0 aliphatic rings. The molecule has 2 nitrogen and oxygen atoms in total. The number of hydrogen-bond acceptors (Lipinski definition) is 4. The van der Waals surface area contributed by atoms with Gasteiger partial charge in [-0.15, -0.1) is 11.3 Å². The Morgan fingerprint density at radius 3 is 2.65 bits per heavy atom. The van der Waals surface area contributed by atoms with Gasteiger partial charge in [0.2, 0.25) is 0 Å².